The van der Waals surface area contributed by atoms with E-state index in [2.05, 4.69) is 55.6 Å². The van der Waals surface area contributed by atoms with Crippen LogP contribution in [0.15, 0.2) is 36.5 Å². The van der Waals surface area contributed by atoms with Gasteiger partial charge in [-0.25, -0.2) is 0 Å². The molecule has 0 aliphatic carbocycles. The molecule has 0 aromatic carbocycles. The van der Waals surface area contributed by atoms with Crippen molar-refractivity contribution in [1.82, 2.24) is 5.32 Å². The summed E-state index contributed by atoms with van der Waals surface area (Å²) >= 11 is 0. The van der Waals surface area contributed by atoms with Crippen LogP contribution in [0.25, 0.3) is 0 Å². The summed E-state index contributed by atoms with van der Waals surface area (Å²) in [7, 11) is 0. The van der Waals surface area contributed by atoms with Crippen LogP contribution in [0, 0.1) is 0 Å². The first-order valence-electron chi connectivity index (χ1n) is 25.9. The molecule has 0 bridgehead atoms. The fourth-order valence-electron chi connectivity index (χ4n) is 8.13. The van der Waals surface area contributed by atoms with E-state index >= 15 is 0 Å². The Morgan fingerprint density at radius 1 is 0.540 bits per heavy atom. The number of nitrogens with one attached hydrogen (secondary N) is 1. The third-order valence-electron chi connectivity index (χ3n) is 12.4. The van der Waals surface area contributed by atoms with Crippen LogP contribution in [0.5, 0.6) is 0 Å². The van der Waals surface area contributed by atoms with E-state index in [1.807, 2.05) is 0 Å². The van der Waals surface area contributed by atoms with Gasteiger partial charge in [0.1, 0.15) is 36.6 Å². The second-order valence-corrected chi connectivity index (χ2v) is 18.2. The first-order valence-corrected chi connectivity index (χ1v) is 25.9. The Balaban J connectivity index is 2.37. The highest BCUT2D eigenvalue weighted by Gasteiger charge is 2.44. The second-order valence-electron chi connectivity index (χ2n) is 18.2. The maximum atomic E-state index is 13.1. The highest BCUT2D eigenvalue weighted by molar-refractivity contribution is 5.80. The zero-order valence-electron chi connectivity index (χ0n) is 40.1. The van der Waals surface area contributed by atoms with Crippen LogP contribution in [0.3, 0.4) is 0 Å². The number of rotatable bonds is 43. The average Bonchev–Trinajstić information content (AvgIpc) is 3.28. The molecule has 63 heavy (non-hydrogen) atoms. The molecular weight excluding hydrogens is 799 g/mol. The second kappa shape index (κ2) is 41.7. The van der Waals surface area contributed by atoms with E-state index in [0.717, 1.165) is 51.4 Å². The van der Waals surface area contributed by atoms with E-state index in [0.29, 0.717) is 19.3 Å². The van der Waals surface area contributed by atoms with Gasteiger partial charge in [0.25, 0.3) is 0 Å². The molecule has 370 valence electrons. The summed E-state index contributed by atoms with van der Waals surface area (Å²) in [6.45, 7) is 3.37. The van der Waals surface area contributed by atoms with Crippen molar-refractivity contribution in [3.05, 3.63) is 36.5 Å². The van der Waals surface area contributed by atoms with Gasteiger partial charge in [-0.3, -0.25) is 4.79 Å². The molecule has 11 nitrogen and oxygen atoms in total. The van der Waals surface area contributed by atoms with Gasteiger partial charge in [-0.2, -0.15) is 0 Å². The molecule has 1 heterocycles. The van der Waals surface area contributed by atoms with Crippen molar-refractivity contribution in [2.45, 2.75) is 274 Å². The molecule has 0 saturated carbocycles. The number of hydrogen-bond acceptors (Lipinski definition) is 10. The summed E-state index contributed by atoms with van der Waals surface area (Å²) in [4.78, 5) is 13.1. The number of allylic oxidation sites excluding steroid dienone is 6. The highest BCUT2D eigenvalue weighted by Crippen LogP contribution is 2.23. The molecule has 1 saturated heterocycles. The van der Waals surface area contributed by atoms with E-state index in [1.165, 1.54) is 122 Å². The molecule has 0 spiro atoms. The van der Waals surface area contributed by atoms with Crippen LogP contribution in [-0.4, -0.2) is 110 Å². The molecule has 0 aromatic heterocycles. The Labute approximate surface area is 384 Å². The van der Waals surface area contributed by atoms with E-state index in [1.54, 1.807) is 0 Å². The minimum atomic E-state index is -1.67. The van der Waals surface area contributed by atoms with E-state index in [9.17, 15) is 40.5 Å². The third kappa shape index (κ3) is 31.0. The van der Waals surface area contributed by atoms with E-state index in [-0.39, 0.29) is 12.8 Å². The van der Waals surface area contributed by atoms with Crippen LogP contribution in [0.1, 0.15) is 219 Å². The molecule has 9 unspecified atom stereocenters. The zero-order valence-corrected chi connectivity index (χ0v) is 40.1. The Morgan fingerprint density at radius 2 is 0.968 bits per heavy atom. The number of aliphatic hydroxyl groups is 7. The monoisotopic (exact) mass is 896 g/mol. The lowest BCUT2D eigenvalue weighted by Crippen LogP contribution is -2.60. The van der Waals surface area contributed by atoms with Crippen molar-refractivity contribution >= 4 is 5.91 Å². The quantitative estimate of drug-likeness (QED) is 0.0216. The smallest absolute Gasteiger partial charge is 0.249 e. The predicted octanol–water partition coefficient (Wildman–Crippen LogP) is 9.56. The summed E-state index contributed by atoms with van der Waals surface area (Å²) in [6, 6.07) is -1.19. The molecule has 8 N–H and O–H groups in total. The summed E-state index contributed by atoms with van der Waals surface area (Å²) in [6.07, 6.45) is 37.7. The van der Waals surface area contributed by atoms with Crippen molar-refractivity contribution < 1.29 is 50.0 Å². The molecular formula is C52H97NO10. The summed E-state index contributed by atoms with van der Waals surface area (Å²) in [5, 5.41) is 75.8. The maximum Gasteiger partial charge on any atom is 0.249 e. The summed E-state index contributed by atoms with van der Waals surface area (Å²) in [5.41, 5.74) is 0. The van der Waals surface area contributed by atoms with Gasteiger partial charge >= 0.3 is 0 Å². The lowest BCUT2D eigenvalue weighted by molar-refractivity contribution is -0.303. The van der Waals surface area contributed by atoms with Crippen molar-refractivity contribution in [3.63, 3.8) is 0 Å². The average molecular weight is 896 g/mol. The Bertz CT molecular complexity index is 1120. The molecule has 1 rings (SSSR count). The SMILES string of the molecule is CCC/C=C/CC/C=C/CC/C=C/CCCC(O)C(O)C(COC1OC(CO)C(O)C(O)C1O)NC(=O)C(O)CCCCCCCCCCCCCCCCCCCCCCCC. The van der Waals surface area contributed by atoms with Crippen molar-refractivity contribution in [2.75, 3.05) is 13.2 Å². The van der Waals surface area contributed by atoms with E-state index < -0.39 is 74.2 Å². The van der Waals surface area contributed by atoms with Gasteiger partial charge in [0.2, 0.25) is 5.91 Å². The molecule has 1 aliphatic heterocycles. The minimum absolute atomic E-state index is 0.241. The van der Waals surface area contributed by atoms with Crippen LogP contribution < -0.4 is 5.32 Å². The standard InChI is InChI=1S/C52H97NO10/c1-3-5-7-9-11-13-15-17-19-20-21-22-23-24-25-26-28-30-32-34-36-38-40-45(56)51(61)53-43(42-62-52-50(60)49(59)48(58)46(41-54)63-52)47(57)44(55)39-37-35-33-31-29-27-18-16-14-12-10-8-6-4-2/h8,10,16,18,31,33,43-50,52,54-60H,3-7,9,11-15,17,19-30,32,34-42H2,1-2H3,(H,53,61)/b10-8+,18-16+,33-31+. The topological polar surface area (TPSA) is 189 Å². The molecule has 11 heteroatoms. The third-order valence-corrected chi connectivity index (χ3v) is 12.4. The largest absolute Gasteiger partial charge is 0.394 e. The fraction of sp³-hybridized carbons (Fsp3) is 0.865. The number of unbranched alkanes of at least 4 members (excludes halogenated alkanes) is 25. The van der Waals surface area contributed by atoms with Gasteiger partial charge < -0.3 is 50.5 Å². The molecule has 0 radical (unpaired) electrons. The van der Waals surface area contributed by atoms with Crippen molar-refractivity contribution in [3.8, 4) is 0 Å². The van der Waals surface area contributed by atoms with Crippen LogP contribution in [-0.2, 0) is 14.3 Å². The Morgan fingerprint density at radius 3 is 1.41 bits per heavy atom. The zero-order chi connectivity index (χ0) is 46.2. The maximum absolute atomic E-state index is 13.1. The van der Waals surface area contributed by atoms with Gasteiger partial charge in [0.15, 0.2) is 6.29 Å². The van der Waals surface area contributed by atoms with Gasteiger partial charge in [-0.05, 0) is 57.8 Å². The van der Waals surface area contributed by atoms with Crippen LogP contribution in [0.4, 0.5) is 0 Å². The lowest BCUT2D eigenvalue weighted by atomic mass is 9.98. The predicted molar refractivity (Wildman–Crippen MR) is 256 cm³/mol. The molecule has 1 amide bonds. The van der Waals surface area contributed by atoms with Crippen LogP contribution in [0.2, 0.25) is 0 Å². The molecule has 1 fully saturated rings. The van der Waals surface area contributed by atoms with Crippen molar-refractivity contribution in [1.29, 1.82) is 0 Å². The summed E-state index contributed by atoms with van der Waals surface area (Å²) in [5.74, 6) is -0.711. The van der Waals surface area contributed by atoms with Gasteiger partial charge in [0, 0.05) is 0 Å². The minimum Gasteiger partial charge on any atom is -0.394 e. The van der Waals surface area contributed by atoms with Gasteiger partial charge in [0.05, 0.1) is 25.4 Å². The number of carbonyl (C=O) groups excluding carboxylic acids is 1. The number of aliphatic hydroxyl groups excluding tert-OH is 7. The number of ether oxygens (including phenoxy) is 2. The van der Waals surface area contributed by atoms with Gasteiger partial charge in [-0.15, -0.1) is 0 Å². The van der Waals surface area contributed by atoms with E-state index in [4.69, 9.17) is 9.47 Å². The fourth-order valence-corrected chi connectivity index (χ4v) is 8.13. The Kier molecular flexibility index (Phi) is 39.3. The van der Waals surface area contributed by atoms with Gasteiger partial charge in [-0.1, -0.05) is 198 Å². The first kappa shape index (κ1) is 59.3. The Hall–Kier alpha value is -1.67. The molecule has 0 aromatic rings. The summed E-state index contributed by atoms with van der Waals surface area (Å²) < 4.78 is 11.1. The number of carbonyl (C=O) groups is 1. The molecule has 9 atom stereocenters. The van der Waals surface area contributed by atoms with Crippen LogP contribution >= 0.6 is 0 Å². The lowest BCUT2D eigenvalue weighted by Gasteiger charge is -2.40. The normalized spacial score (nSPS) is 21.4. The van der Waals surface area contributed by atoms with Crippen molar-refractivity contribution in [2.24, 2.45) is 0 Å². The number of amides is 1. The first-order chi connectivity index (χ1) is 30.7. The highest BCUT2D eigenvalue weighted by atomic mass is 16.7. The number of hydrogen-bond donors (Lipinski definition) is 8. The molecule has 1 aliphatic rings.